The Morgan fingerprint density at radius 1 is 1.38 bits per heavy atom. The van der Waals surface area contributed by atoms with E-state index < -0.39 is 10.1 Å². The predicted molar refractivity (Wildman–Crippen MR) is 46.6 cm³/mol. The third-order valence-corrected chi connectivity index (χ3v) is 2.54. The number of hydrogen-bond donors (Lipinski definition) is 1. The molecule has 0 unspecified atom stereocenters. The molecular weight excluding hydrogens is 214 g/mol. The maximum Gasteiger partial charge on any atom is 0.289 e. The number of halogens is 1. The van der Waals surface area contributed by atoms with Crippen molar-refractivity contribution in [1.82, 2.24) is 0 Å². The second-order valence-corrected chi connectivity index (χ2v) is 4.49. The molecule has 0 aromatic rings. The zero-order valence-corrected chi connectivity index (χ0v) is 9.60. The molecule has 0 saturated carbocycles. The van der Waals surface area contributed by atoms with Crippen molar-refractivity contribution in [2.45, 2.75) is 19.9 Å². The third-order valence-electron chi connectivity index (χ3n) is 1.58. The first-order chi connectivity index (χ1) is 5.39. The van der Waals surface area contributed by atoms with E-state index in [0.29, 0.717) is 5.92 Å². The second kappa shape index (κ2) is 6.37. The molecule has 0 amide bonds. The van der Waals surface area contributed by atoms with Crippen molar-refractivity contribution in [2.75, 3.05) is 7.11 Å². The molecule has 0 saturated heterocycles. The van der Waals surface area contributed by atoms with Crippen molar-refractivity contribution in [1.29, 1.82) is 0 Å². The smallest absolute Gasteiger partial charge is 0.289 e. The highest BCUT2D eigenvalue weighted by Gasteiger charge is 2.09. The molecule has 0 bridgehead atoms. The van der Waals surface area contributed by atoms with E-state index >= 15 is 0 Å². The van der Waals surface area contributed by atoms with Crippen molar-refractivity contribution in [3.63, 3.8) is 0 Å². The van der Waals surface area contributed by atoms with E-state index in [2.05, 4.69) is 9.92 Å². The SMILES string of the molecule is COS(=O)(=O)/C=C/[C@@H]([NH3+])C(C)C.[Cl-]. The summed E-state index contributed by atoms with van der Waals surface area (Å²) >= 11 is 0. The predicted octanol–water partition coefficient (Wildman–Crippen LogP) is -3.25. The van der Waals surface area contributed by atoms with Crippen molar-refractivity contribution >= 4 is 10.1 Å². The van der Waals surface area contributed by atoms with Crippen LogP contribution in [0, 0.1) is 5.92 Å². The Hall–Kier alpha value is -0.100. The van der Waals surface area contributed by atoms with E-state index in [4.69, 9.17) is 0 Å². The van der Waals surface area contributed by atoms with Crippen LogP contribution in [0.1, 0.15) is 13.8 Å². The Labute approximate surface area is 85.7 Å². The fourth-order valence-corrected chi connectivity index (χ4v) is 0.980. The van der Waals surface area contributed by atoms with Gasteiger partial charge < -0.3 is 18.1 Å². The molecule has 0 aliphatic heterocycles. The maximum absolute atomic E-state index is 10.8. The van der Waals surface area contributed by atoms with Crippen LogP contribution in [0.15, 0.2) is 11.5 Å². The number of quaternary nitrogens is 1. The normalized spacial score (nSPS) is 14.5. The van der Waals surface area contributed by atoms with Crippen molar-refractivity contribution in [3.8, 4) is 0 Å². The lowest BCUT2D eigenvalue weighted by molar-refractivity contribution is -0.413. The van der Waals surface area contributed by atoms with E-state index in [1.54, 1.807) is 0 Å². The van der Waals surface area contributed by atoms with Gasteiger partial charge in [-0.25, -0.2) is 0 Å². The lowest BCUT2D eigenvalue weighted by Gasteiger charge is -2.05. The fourth-order valence-electron chi connectivity index (χ4n) is 0.475. The Kier molecular flexibility index (Phi) is 7.53. The summed E-state index contributed by atoms with van der Waals surface area (Å²) in [5.41, 5.74) is 3.77. The molecule has 1 atom stereocenters. The molecule has 0 fully saturated rings. The monoisotopic (exact) mass is 229 g/mol. The average molecular weight is 230 g/mol. The van der Waals surface area contributed by atoms with Crippen LogP contribution in [0.3, 0.4) is 0 Å². The molecule has 6 heteroatoms. The van der Waals surface area contributed by atoms with Gasteiger partial charge in [-0.15, -0.1) is 0 Å². The van der Waals surface area contributed by atoms with E-state index in [1.165, 1.54) is 6.08 Å². The van der Waals surface area contributed by atoms with Crippen LogP contribution in [0.25, 0.3) is 0 Å². The molecule has 0 aromatic carbocycles. The van der Waals surface area contributed by atoms with Crippen LogP contribution < -0.4 is 18.1 Å². The molecule has 80 valence electrons. The molecule has 3 N–H and O–H groups in total. The van der Waals surface area contributed by atoms with Crippen LogP contribution in [-0.2, 0) is 14.3 Å². The summed E-state index contributed by atoms with van der Waals surface area (Å²) < 4.78 is 25.8. The summed E-state index contributed by atoms with van der Waals surface area (Å²) in [7, 11) is -2.34. The highest BCUT2D eigenvalue weighted by molar-refractivity contribution is 7.89. The zero-order chi connectivity index (χ0) is 9.78. The van der Waals surface area contributed by atoms with Crippen LogP contribution in [0.4, 0.5) is 0 Å². The highest BCUT2D eigenvalue weighted by atomic mass is 35.5. The lowest BCUT2D eigenvalue weighted by Crippen LogP contribution is -3.00. The van der Waals surface area contributed by atoms with Gasteiger partial charge in [-0.2, -0.15) is 8.42 Å². The Bertz CT molecular complexity index is 248. The van der Waals surface area contributed by atoms with Gasteiger partial charge in [-0.05, 0) is 6.08 Å². The molecule has 0 heterocycles. The van der Waals surface area contributed by atoms with Gasteiger partial charge in [-0.3, -0.25) is 4.18 Å². The molecule has 0 rings (SSSR count). The number of rotatable bonds is 4. The zero-order valence-electron chi connectivity index (χ0n) is 8.03. The largest absolute Gasteiger partial charge is 1.00 e. The Morgan fingerprint density at radius 3 is 2.15 bits per heavy atom. The summed E-state index contributed by atoms with van der Waals surface area (Å²) in [6.07, 6.45) is 1.53. The van der Waals surface area contributed by atoms with Crippen LogP contribution >= 0.6 is 0 Å². The summed E-state index contributed by atoms with van der Waals surface area (Å²) in [6.45, 7) is 3.95. The lowest BCUT2D eigenvalue weighted by atomic mass is 10.1. The summed E-state index contributed by atoms with van der Waals surface area (Å²) in [5, 5.41) is 1.05. The van der Waals surface area contributed by atoms with Crippen molar-refractivity contribution in [2.24, 2.45) is 5.92 Å². The van der Waals surface area contributed by atoms with Gasteiger partial charge in [0, 0.05) is 5.92 Å². The van der Waals surface area contributed by atoms with Gasteiger partial charge in [0.05, 0.1) is 12.5 Å². The molecule has 0 aromatic heterocycles. The molecule has 13 heavy (non-hydrogen) atoms. The van der Waals surface area contributed by atoms with Gasteiger partial charge in [0.15, 0.2) is 0 Å². The summed E-state index contributed by atoms with van der Waals surface area (Å²) in [6, 6.07) is -0.00470. The van der Waals surface area contributed by atoms with Gasteiger partial charge in [0.1, 0.15) is 6.04 Å². The van der Waals surface area contributed by atoms with Gasteiger partial charge >= 0.3 is 0 Å². The third kappa shape index (κ3) is 7.01. The highest BCUT2D eigenvalue weighted by Crippen LogP contribution is 2.00. The second-order valence-electron chi connectivity index (χ2n) is 2.90. The fraction of sp³-hybridized carbons (Fsp3) is 0.714. The van der Waals surface area contributed by atoms with Gasteiger partial charge in [0.2, 0.25) is 0 Å². The minimum atomic E-state index is -3.47. The first-order valence-electron chi connectivity index (χ1n) is 3.71. The topological polar surface area (TPSA) is 71.0 Å². The van der Waals surface area contributed by atoms with Gasteiger partial charge in [-0.1, -0.05) is 13.8 Å². The maximum atomic E-state index is 10.8. The minimum absolute atomic E-state index is 0. The molecule has 0 radical (unpaired) electrons. The van der Waals surface area contributed by atoms with E-state index in [0.717, 1.165) is 12.5 Å². The minimum Gasteiger partial charge on any atom is -1.00 e. The molecule has 4 nitrogen and oxygen atoms in total. The Balaban J connectivity index is 0. The summed E-state index contributed by atoms with van der Waals surface area (Å²) in [4.78, 5) is 0. The van der Waals surface area contributed by atoms with Crippen LogP contribution in [-0.4, -0.2) is 21.6 Å². The van der Waals surface area contributed by atoms with Crippen molar-refractivity contribution < 1.29 is 30.7 Å². The van der Waals surface area contributed by atoms with E-state index in [-0.39, 0.29) is 18.4 Å². The van der Waals surface area contributed by atoms with E-state index in [9.17, 15) is 8.42 Å². The molecule has 0 spiro atoms. The molecule has 0 aliphatic carbocycles. The average Bonchev–Trinajstić information content (AvgIpc) is 2.00. The molecular formula is C7H16ClNO3S. The first-order valence-corrected chi connectivity index (χ1v) is 5.18. The molecule has 0 aliphatic rings. The first kappa shape index (κ1) is 15.4. The standard InChI is InChI=1S/C7H15NO3S.ClH/c1-6(2)7(8)4-5-12(9,10)11-3;/h4-7H,8H2,1-3H3;1H/b5-4+;/t7-;/m1./s1. The van der Waals surface area contributed by atoms with Gasteiger partial charge in [0.25, 0.3) is 10.1 Å². The quantitative estimate of drug-likeness (QED) is 0.515. The van der Waals surface area contributed by atoms with Crippen molar-refractivity contribution in [3.05, 3.63) is 11.5 Å². The van der Waals surface area contributed by atoms with Crippen LogP contribution in [0.2, 0.25) is 0 Å². The van der Waals surface area contributed by atoms with E-state index in [1.807, 2.05) is 13.8 Å². The van der Waals surface area contributed by atoms with Crippen LogP contribution in [0.5, 0.6) is 0 Å². The number of hydrogen-bond acceptors (Lipinski definition) is 3. The Morgan fingerprint density at radius 2 is 1.85 bits per heavy atom. The summed E-state index contributed by atoms with van der Waals surface area (Å²) in [5.74, 6) is 0.327.